The third-order valence-electron chi connectivity index (χ3n) is 4.05. The second-order valence-corrected chi connectivity index (χ2v) is 5.97. The van der Waals surface area contributed by atoms with Crippen molar-refractivity contribution in [1.29, 1.82) is 0 Å². The van der Waals surface area contributed by atoms with E-state index in [1.165, 1.54) is 23.1 Å². The largest absolute Gasteiger partial charge is 0.573 e. The molecule has 1 saturated carbocycles. The lowest BCUT2D eigenvalue weighted by molar-refractivity contribution is -0.275. The molecular weight excluding hydrogens is 309 g/mol. The molecule has 0 unspecified atom stereocenters. The van der Waals surface area contributed by atoms with Crippen molar-refractivity contribution >= 4 is 5.91 Å². The van der Waals surface area contributed by atoms with Gasteiger partial charge in [0, 0.05) is 31.1 Å². The molecule has 23 heavy (non-hydrogen) atoms. The van der Waals surface area contributed by atoms with Crippen molar-refractivity contribution in [1.82, 2.24) is 4.90 Å². The number of halogens is 3. The fourth-order valence-electron chi connectivity index (χ4n) is 2.96. The second-order valence-electron chi connectivity index (χ2n) is 5.97. The van der Waals surface area contributed by atoms with Gasteiger partial charge in [-0.15, -0.1) is 13.2 Å². The van der Waals surface area contributed by atoms with Crippen LogP contribution in [0.2, 0.25) is 0 Å². The molecule has 1 amide bonds. The zero-order valence-corrected chi connectivity index (χ0v) is 13.0. The van der Waals surface area contributed by atoms with Gasteiger partial charge in [-0.3, -0.25) is 4.79 Å². The SMILES string of the molecule is CN(Cc1ccccc1OC(F)(F)F)C(=O)[C@H]1CCC[C@H](N)C1. The Morgan fingerprint density at radius 1 is 1.35 bits per heavy atom. The fourth-order valence-corrected chi connectivity index (χ4v) is 2.96. The normalized spacial score (nSPS) is 21.8. The van der Waals surface area contributed by atoms with Crippen LogP contribution in [0.4, 0.5) is 13.2 Å². The molecular formula is C16H21F3N2O2. The molecule has 128 valence electrons. The molecule has 0 bridgehead atoms. The Hall–Kier alpha value is -1.76. The van der Waals surface area contributed by atoms with E-state index in [4.69, 9.17) is 5.73 Å². The zero-order valence-electron chi connectivity index (χ0n) is 13.0. The number of para-hydroxylation sites is 1. The van der Waals surface area contributed by atoms with Gasteiger partial charge >= 0.3 is 6.36 Å². The van der Waals surface area contributed by atoms with Crippen LogP contribution in [0.3, 0.4) is 0 Å². The van der Waals surface area contributed by atoms with E-state index in [1.807, 2.05) is 0 Å². The molecule has 0 heterocycles. The van der Waals surface area contributed by atoms with Crippen molar-refractivity contribution < 1.29 is 22.7 Å². The lowest BCUT2D eigenvalue weighted by atomic mass is 9.85. The van der Waals surface area contributed by atoms with Crippen LogP contribution in [0, 0.1) is 5.92 Å². The van der Waals surface area contributed by atoms with Gasteiger partial charge in [-0.2, -0.15) is 0 Å². The van der Waals surface area contributed by atoms with E-state index >= 15 is 0 Å². The molecule has 1 aliphatic carbocycles. The Labute approximate surface area is 133 Å². The first-order valence-electron chi connectivity index (χ1n) is 7.60. The first-order valence-corrected chi connectivity index (χ1v) is 7.60. The number of hydrogen-bond donors (Lipinski definition) is 1. The Bertz CT molecular complexity index is 548. The molecule has 2 atom stereocenters. The average molecular weight is 330 g/mol. The van der Waals surface area contributed by atoms with Crippen molar-refractivity contribution in [2.75, 3.05) is 7.05 Å². The maximum absolute atomic E-state index is 12.5. The van der Waals surface area contributed by atoms with Crippen LogP contribution in [0.15, 0.2) is 24.3 Å². The summed E-state index contributed by atoms with van der Waals surface area (Å²) in [6, 6.07) is 5.88. The fraction of sp³-hybridized carbons (Fsp3) is 0.562. The molecule has 2 N–H and O–H groups in total. The quantitative estimate of drug-likeness (QED) is 0.923. The van der Waals surface area contributed by atoms with E-state index in [1.54, 1.807) is 13.1 Å². The van der Waals surface area contributed by atoms with Crippen molar-refractivity contribution in [2.24, 2.45) is 11.7 Å². The van der Waals surface area contributed by atoms with Gasteiger partial charge in [0.1, 0.15) is 5.75 Å². The highest BCUT2D eigenvalue weighted by atomic mass is 19.4. The van der Waals surface area contributed by atoms with Crippen LogP contribution in [0.1, 0.15) is 31.2 Å². The minimum atomic E-state index is -4.76. The summed E-state index contributed by atoms with van der Waals surface area (Å²) < 4.78 is 41.3. The highest BCUT2D eigenvalue weighted by molar-refractivity contribution is 5.78. The summed E-state index contributed by atoms with van der Waals surface area (Å²) in [4.78, 5) is 13.9. The van der Waals surface area contributed by atoms with Gasteiger partial charge in [-0.1, -0.05) is 24.6 Å². The maximum Gasteiger partial charge on any atom is 0.573 e. The Balaban J connectivity index is 2.05. The topological polar surface area (TPSA) is 55.6 Å². The predicted octanol–water partition coefficient (Wildman–Crippen LogP) is 3.06. The molecule has 7 heteroatoms. The minimum absolute atomic E-state index is 0.0203. The zero-order chi connectivity index (χ0) is 17.0. The van der Waals surface area contributed by atoms with Crippen LogP contribution >= 0.6 is 0 Å². The number of hydrogen-bond acceptors (Lipinski definition) is 3. The molecule has 0 saturated heterocycles. The van der Waals surface area contributed by atoms with Crippen molar-refractivity contribution in [3.63, 3.8) is 0 Å². The molecule has 1 aromatic carbocycles. The maximum atomic E-state index is 12.5. The summed E-state index contributed by atoms with van der Waals surface area (Å²) in [6.45, 7) is 0.0663. The van der Waals surface area contributed by atoms with E-state index in [0.29, 0.717) is 12.0 Å². The summed E-state index contributed by atoms with van der Waals surface area (Å²) in [5.74, 6) is -0.513. The van der Waals surface area contributed by atoms with E-state index in [2.05, 4.69) is 4.74 Å². The van der Waals surface area contributed by atoms with Crippen LogP contribution < -0.4 is 10.5 Å². The van der Waals surface area contributed by atoms with Crippen molar-refractivity contribution in [2.45, 2.75) is 44.6 Å². The molecule has 0 radical (unpaired) electrons. The number of alkyl halides is 3. The number of ether oxygens (including phenoxy) is 1. The summed E-state index contributed by atoms with van der Waals surface area (Å²) >= 11 is 0. The average Bonchev–Trinajstić information content (AvgIpc) is 2.47. The predicted molar refractivity (Wildman–Crippen MR) is 79.5 cm³/mol. The third kappa shape index (κ3) is 5.13. The molecule has 0 spiro atoms. The molecule has 4 nitrogen and oxygen atoms in total. The van der Waals surface area contributed by atoms with Gasteiger partial charge in [-0.25, -0.2) is 0 Å². The summed E-state index contributed by atoms with van der Waals surface area (Å²) in [6.07, 6.45) is -1.54. The highest BCUT2D eigenvalue weighted by Gasteiger charge is 2.32. The Morgan fingerprint density at radius 3 is 2.70 bits per heavy atom. The number of carbonyl (C=O) groups excluding carboxylic acids is 1. The minimum Gasteiger partial charge on any atom is -0.405 e. The van der Waals surface area contributed by atoms with Gasteiger partial charge in [0.2, 0.25) is 5.91 Å². The van der Waals surface area contributed by atoms with Gasteiger partial charge in [0.05, 0.1) is 0 Å². The van der Waals surface area contributed by atoms with E-state index in [-0.39, 0.29) is 30.2 Å². The van der Waals surface area contributed by atoms with E-state index in [0.717, 1.165) is 19.3 Å². The molecule has 1 aliphatic rings. The molecule has 0 aliphatic heterocycles. The second kappa shape index (κ2) is 7.21. The number of nitrogens with two attached hydrogens (primary N) is 1. The number of benzene rings is 1. The lowest BCUT2D eigenvalue weighted by Gasteiger charge is -2.29. The third-order valence-corrected chi connectivity index (χ3v) is 4.05. The van der Waals surface area contributed by atoms with Gasteiger partial charge in [0.15, 0.2) is 0 Å². The highest BCUT2D eigenvalue weighted by Crippen LogP contribution is 2.29. The standard InChI is InChI=1S/C16H21F3N2O2/c1-21(15(22)11-6-4-7-13(20)9-11)10-12-5-2-3-8-14(12)23-16(17,18)19/h2-3,5,8,11,13H,4,6-7,9-10,20H2,1H3/t11-,13-/m0/s1. The monoisotopic (exact) mass is 330 g/mol. The van der Waals surface area contributed by atoms with Gasteiger partial charge < -0.3 is 15.4 Å². The van der Waals surface area contributed by atoms with Crippen LogP contribution in [-0.2, 0) is 11.3 Å². The van der Waals surface area contributed by atoms with Crippen LogP contribution in [0.5, 0.6) is 5.75 Å². The molecule has 0 aromatic heterocycles. The number of nitrogens with zero attached hydrogens (tertiary/aromatic N) is 1. The molecule has 1 aromatic rings. The molecule has 1 fully saturated rings. The number of carbonyl (C=O) groups is 1. The van der Waals surface area contributed by atoms with Crippen molar-refractivity contribution in [3.8, 4) is 5.75 Å². The number of amides is 1. The van der Waals surface area contributed by atoms with E-state index in [9.17, 15) is 18.0 Å². The first kappa shape index (κ1) is 17.6. The Kier molecular flexibility index (Phi) is 5.51. The first-order chi connectivity index (χ1) is 10.8. The summed E-state index contributed by atoms with van der Waals surface area (Å²) in [7, 11) is 1.59. The van der Waals surface area contributed by atoms with Gasteiger partial charge in [0.25, 0.3) is 0 Å². The lowest BCUT2D eigenvalue weighted by Crippen LogP contribution is -2.38. The van der Waals surface area contributed by atoms with Crippen LogP contribution in [-0.4, -0.2) is 30.3 Å². The summed E-state index contributed by atoms with van der Waals surface area (Å²) in [5.41, 5.74) is 6.21. The smallest absolute Gasteiger partial charge is 0.405 e. The van der Waals surface area contributed by atoms with Gasteiger partial charge in [-0.05, 0) is 25.3 Å². The molecule has 2 rings (SSSR count). The number of rotatable bonds is 4. The Morgan fingerprint density at radius 2 is 2.04 bits per heavy atom. The van der Waals surface area contributed by atoms with Crippen molar-refractivity contribution in [3.05, 3.63) is 29.8 Å². The van der Waals surface area contributed by atoms with Crippen LogP contribution in [0.25, 0.3) is 0 Å². The van der Waals surface area contributed by atoms with E-state index < -0.39 is 6.36 Å². The summed E-state index contributed by atoms with van der Waals surface area (Å²) in [5, 5.41) is 0.